The van der Waals surface area contributed by atoms with Gasteiger partial charge >= 0.3 is 12.2 Å². The lowest BCUT2D eigenvalue weighted by Crippen LogP contribution is -2.49. The number of carbonyl (C=O) groups is 6. The predicted octanol–water partition coefficient (Wildman–Crippen LogP) is 8.94. The van der Waals surface area contributed by atoms with Gasteiger partial charge in [0.1, 0.15) is 29.8 Å². The van der Waals surface area contributed by atoms with Crippen LogP contribution in [0.4, 0.5) is 21.0 Å². The predicted molar refractivity (Wildman–Crippen MR) is 260 cm³/mol. The third-order valence-corrected chi connectivity index (χ3v) is 12.3. The number of amides is 6. The fraction of sp³-hybridized carbons (Fsp3) is 0.283. The molecule has 5 aromatic carbocycles. The number of aromatic amines is 1. The van der Waals surface area contributed by atoms with Crippen LogP contribution in [0.2, 0.25) is 0 Å². The number of aryl methyl sites for hydroxylation is 1. The number of fused-ring (bicyclic) bond motifs is 1. The van der Waals surface area contributed by atoms with Crippen LogP contribution in [0.15, 0.2) is 127 Å². The first-order valence-electron chi connectivity index (χ1n) is 22.8. The summed E-state index contributed by atoms with van der Waals surface area (Å²) < 4.78 is 5.50. The van der Waals surface area contributed by atoms with Crippen molar-refractivity contribution in [2.24, 2.45) is 0 Å². The molecular weight excluding hydrogens is 863 g/mol. The third kappa shape index (κ3) is 10.4. The van der Waals surface area contributed by atoms with Gasteiger partial charge in [-0.05, 0) is 112 Å². The van der Waals surface area contributed by atoms with Crippen LogP contribution in [0.3, 0.4) is 0 Å². The van der Waals surface area contributed by atoms with Crippen LogP contribution < -0.4 is 21.3 Å². The Hall–Kier alpha value is -7.94. The normalized spacial score (nSPS) is 16.7. The number of carbonyl (C=O) groups excluding carboxylic acids is 5. The number of likely N-dealkylation sites (tertiary alicyclic amines) is 2. The number of anilines is 2. The molecule has 2 fully saturated rings. The number of hydrogen-bond donors (Lipinski definition) is 6. The second kappa shape index (κ2) is 19.9. The Bertz CT molecular complexity index is 2840. The fourth-order valence-corrected chi connectivity index (χ4v) is 9.14. The van der Waals surface area contributed by atoms with E-state index in [-0.39, 0.29) is 11.8 Å². The summed E-state index contributed by atoms with van der Waals surface area (Å²) in [6.07, 6.45) is 0.00113. The zero-order valence-electron chi connectivity index (χ0n) is 38.4. The van der Waals surface area contributed by atoms with E-state index < -0.39 is 53.8 Å². The zero-order chi connectivity index (χ0) is 48.1. The van der Waals surface area contributed by atoms with Gasteiger partial charge in [0.2, 0.25) is 11.8 Å². The van der Waals surface area contributed by atoms with E-state index in [4.69, 9.17) is 4.74 Å². The second-order valence-corrected chi connectivity index (χ2v) is 18.2. The maximum absolute atomic E-state index is 14.2. The molecule has 6 amide bonds. The topological polar surface area (TPSA) is 202 Å². The molecule has 0 spiro atoms. The van der Waals surface area contributed by atoms with Crippen molar-refractivity contribution in [2.45, 2.75) is 83.1 Å². The number of aromatic nitrogens is 1. The van der Waals surface area contributed by atoms with Gasteiger partial charge in [-0.1, -0.05) is 97.1 Å². The molecule has 8 rings (SSSR count). The lowest BCUT2D eigenvalue weighted by atomic mass is 9.95. The van der Waals surface area contributed by atoms with Gasteiger partial charge in [0.05, 0.1) is 5.69 Å². The Labute approximate surface area is 394 Å². The minimum atomic E-state index is -1.34. The highest BCUT2D eigenvalue weighted by Crippen LogP contribution is 2.41. The molecular formula is C53H55N7O8. The molecule has 3 heterocycles. The summed E-state index contributed by atoms with van der Waals surface area (Å²) in [6, 6.07) is 34.8. The van der Waals surface area contributed by atoms with Crippen LogP contribution in [-0.4, -0.2) is 86.5 Å². The monoisotopic (exact) mass is 917 g/mol. The summed E-state index contributed by atoms with van der Waals surface area (Å²) in [5, 5.41) is 21.5. The summed E-state index contributed by atoms with van der Waals surface area (Å²) in [4.78, 5) is 87.1. The molecule has 2 aliphatic heterocycles. The highest BCUT2D eigenvalue weighted by atomic mass is 16.6. The molecule has 6 N–H and O–H groups in total. The Morgan fingerprint density at radius 3 is 1.72 bits per heavy atom. The number of hydrogen-bond acceptors (Lipinski definition) is 7. The van der Waals surface area contributed by atoms with Gasteiger partial charge in [-0.3, -0.25) is 19.2 Å². The maximum atomic E-state index is 14.2. The van der Waals surface area contributed by atoms with Crippen LogP contribution >= 0.6 is 0 Å². The van der Waals surface area contributed by atoms with Crippen LogP contribution in [0, 0.1) is 6.92 Å². The van der Waals surface area contributed by atoms with E-state index in [1.165, 1.54) is 9.80 Å². The van der Waals surface area contributed by atoms with Crippen molar-refractivity contribution in [1.29, 1.82) is 0 Å². The van der Waals surface area contributed by atoms with Crippen molar-refractivity contribution in [3.05, 3.63) is 144 Å². The quantitative estimate of drug-likeness (QED) is 0.0698. The minimum absolute atomic E-state index is 0.316. The molecule has 2 aliphatic rings. The highest BCUT2D eigenvalue weighted by Gasteiger charge is 2.40. The smallest absolute Gasteiger partial charge is 0.408 e. The molecule has 15 nitrogen and oxygen atoms in total. The van der Waals surface area contributed by atoms with Gasteiger partial charge in [-0.15, -0.1) is 0 Å². The highest BCUT2D eigenvalue weighted by molar-refractivity contribution is 6.07. The number of nitrogens with one attached hydrogen (secondary N) is 5. The lowest BCUT2D eigenvalue weighted by Gasteiger charge is -2.29. The number of benzene rings is 5. The summed E-state index contributed by atoms with van der Waals surface area (Å²) in [5.74, 6) is -1.61. The first-order valence-corrected chi connectivity index (χ1v) is 22.8. The molecule has 4 atom stereocenters. The van der Waals surface area contributed by atoms with E-state index >= 15 is 0 Å². The van der Waals surface area contributed by atoms with Crippen molar-refractivity contribution in [3.8, 4) is 22.4 Å². The number of alkyl carbamates (subject to hydrolysis) is 1. The summed E-state index contributed by atoms with van der Waals surface area (Å²) >= 11 is 0. The van der Waals surface area contributed by atoms with E-state index in [1.54, 1.807) is 87.5 Å². The number of ether oxygens (including phenoxy) is 1. The SMILES string of the molecule is Cc1ccccc1-c1c(-c2ccc(NC(=O)[C@@H]3CCCN3C(=O)[C@H](NC(=O)O)c3ccccc3)cc2)[nH]c2ccc(NC(=O)[C@@H]3CCCN3C(=O)[C@H](NC(=O)OC(C)(C)C)c3ccccc3)cc12. The molecule has 0 aliphatic carbocycles. The second-order valence-electron chi connectivity index (χ2n) is 18.2. The number of rotatable bonds is 12. The Morgan fingerprint density at radius 2 is 1.18 bits per heavy atom. The van der Waals surface area contributed by atoms with Crippen LogP contribution in [0.25, 0.3) is 33.3 Å². The molecule has 0 saturated carbocycles. The molecule has 0 unspecified atom stereocenters. The zero-order valence-corrected chi connectivity index (χ0v) is 38.4. The van der Waals surface area contributed by atoms with E-state index in [0.717, 1.165) is 38.9 Å². The molecule has 0 bridgehead atoms. The first-order chi connectivity index (χ1) is 32.6. The van der Waals surface area contributed by atoms with Crippen LogP contribution in [0.5, 0.6) is 0 Å². The summed E-state index contributed by atoms with van der Waals surface area (Å²) in [6.45, 7) is 7.93. The van der Waals surface area contributed by atoms with Gasteiger partial charge in [-0.2, -0.15) is 0 Å². The lowest BCUT2D eigenvalue weighted by molar-refractivity contribution is -0.138. The van der Waals surface area contributed by atoms with Crippen molar-refractivity contribution in [2.75, 3.05) is 23.7 Å². The largest absolute Gasteiger partial charge is 0.465 e. The van der Waals surface area contributed by atoms with Gasteiger partial charge in [-0.25, -0.2) is 9.59 Å². The minimum Gasteiger partial charge on any atom is -0.465 e. The Kier molecular flexibility index (Phi) is 13.6. The number of H-pyrrole nitrogens is 1. The third-order valence-electron chi connectivity index (χ3n) is 12.3. The van der Waals surface area contributed by atoms with E-state index in [9.17, 15) is 33.9 Å². The molecule has 350 valence electrons. The van der Waals surface area contributed by atoms with Gasteiger partial charge < -0.3 is 45.9 Å². The average Bonchev–Trinajstić information content (AvgIpc) is 4.10. The molecule has 68 heavy (non-hydrogen) atoms. The Morgan fingerprint density at radius 1 is 0.662 bits per heavy atom. The average molecular weight is 918 g/mol. The number of nitrogens with zero attached hydrogens (tertiary/aromatic N) is 2. The standard InChI is InChI=1S/C53H55N7O8/c1-32-15-11-12-20-38(32)43-39-31-37(55-48(62)42-22-14-30-60(42)50(64)46(34-18-9-6-10-19-34)58-52(67)68-53(2,3)4)27-28-40(39)56-44(43)35-23-25-36(26-24-35)54-47(61)41-21-13-29-59(41)49(63)45(57-51(65)66)33-16-7-5-8-17-33/h5-12,15-20,23-28,31,41-42,45-46,56-57H,13-14,21-22,29-30H2,1-4H3,(H,54,61)(H,55,62)(H,58,67)(H,65,66)/t41-,42-,45+,46+/m0/s1. The molecule has 2 saturated heterocycles. The summed E-state index contributed by atoms with van der Waals surface area (Å²) in [5.41, 5.74) is 6.73. The van der Waals surface area contributed by atoms with Gasteiger partial charge in [0, 0.05) is 40.9 Å². The molecule has 6 aromatic rings. The van der Waals surface area contributed by atoms with Crippen molar-refractivity contribution < 1.29 is 38.6 Å². The molecule has 15 heteroatoms. The van der Waals surface area contributed by atoms with E-state index in [2.05, 4.69) is 26.3 Å². The summed E-state index contributed by atoms with van der Waals surface area (Å²) in [7, 11) is 0. The van der Waals surface area contributed by atoms with Crippen LogP contribution in [0.1, 0.15) is 75.2 Å². The van der Waals surface area contributed by atoms with Crippen molar-refractivity contribution >= 4 is 58.1 Å². The maximum Gasteiger partial charge on any atom is 0.408 e. The van der Waals surface area contributed by atoms with E-state index in [1.807, 2.05) is 67.6 Å². The first kappa shape index (κ1) is 46.6. The molecule has 1 aromatic heterocycles. The van der Waals surface area contributed by atoms with Crippen molar-refractivity contribution in [1.82, 2.24) is 25.4 Å². The molecule has 0 radical (unpaired) electrons. The fourth-order valence-electron chi connectivity index (χ4n) is 9.14. The van der Waals surface area contributed by atoms with E-state index in [0.29, 0.717) is 61.3 Å². The van der Waals surface area contributed by atoms with Gasteiger partial charge in [0.15, 0.2) is 0 Å². The van der Waals surface area contributed by atoms with Crippen LogP contribution in [-0.2, 0) is 23.9 Å². The number of carboxylic acid groups (broad SMARTS) is 1. The van der Waals surface area contributed by atoms with Gasteiger partial charge in [0.25, 0.3) is 11.8 Å². The van der Waals surface area contributed by atoms with Crippen molar-refractivity contribution in [3.63, 3.8) is 0 Å². The Balaban J connectivity index is 1.02.